The molecule has 0 radical (unpaired) electrons. The van der Waals surface area contributed by atoms with Crippen LogP contribution in [0, 0.1) is 0 Å². The predicted octanol–water partition coefficient (Wildman–Crippen LogP) is 3.78. The van der Waals surface area contributed by atoms with Gasteiger partial charge in [-0.1, -0.05) is 26.0 Å². The fourth-order valence-corrected chi connectivity index (χ4v) is 2.04. The van der Waals surface area contributed by atoms with E-state index in [1.165, 1.54) is 11.9 Å². The Morgan fingerprint density at radius 1 is 1.10 bits per heavy atom. The molecule has 1 aromatic carbocycles. The Labute approximate surface area is 125 Å². The highest BCUT2D eigenvalue weighted by Crippen LogP contribution is 2.31. The maximum absolute atomic E-state index is 5.41. The first kappa shape index (κ1) is 15.1. The van der Waals surface area contributed by atoms with E-state index in [9.17, 15) is 0 Å². The van der Waals surface area contributed by atoms with Crippen molar-refractivity contribution in [3.63, 3.8) is 0 Å². The van der Waals surface area contributed by atoms with Gasteiger partial charge in [-0.15, -0.1) is 0 Å². The quantitative estimate of drug-likeness (QED) is 0.846. The van der Waals surface area contributed by atoms with E-state index in [1.54, 1.807) is 7.11 Å². The van der Waals surface area contributed by atoms with Crippen LogP contribution in [0.2, 0.25) is 0 Å². The fraction of sp³-hybridized carbons (Fsp3) is 0.375. The summed E-state index contributed by atoms with van der Waals surface area (Å²) in [5.74, 6) is 2.48. The third-order valence-electron chi connectivity index (χ3n) is 3.19. The minimum atomic E-state index is 0.521. The van der Waals surface area contributed by atoms with Crippen LogP contribution < -0.4 is 15.4 Å². The van der Waals surface area contributed by atoms with Gasteiger partial charge < -0.3 is 15.4 Å². The Morgan fingerprint density at radius 3 is 2.33 bits per heavy atom. The van der Waals surface area contributed by atoms with E-state index in [2.05, 4.69) is 46.6 Å². The number of ether oxygens (including phenoxy) is 1. The molecule has 0 aliphatic carbocycles. The van der Waals surface area contributed by atoms with Crippen LogP contribution in [0.5, 0.6) is 5.75 Å². The lowest BCUT2D eigenvalue weighted by Gasteiger charge is -2.14. The zero-order chi connectivity index (χ0) is 15.2. The van der Waals surface area contributed by atoms with Gasteiger partial charge in [0.1, 0.15) is 6.33 Å². The lowest BCUT2D eigenvalue weighted by Crippen LogP contribution is -2.05. The molecule has 0 aliphatic rings. The average Bonchev–Trinajstić information content (AvgIpc) is 2.48. The number of hydrogen-bond acceptors (Lipinski definition) is 5. The van der Waals surface area contributed by atoms with E-state index in [-0.39, 0.29) is 0 Å². The van der Waals surface area contributed by atoms with Crippen LogP contribution in [0.3, 0.4) is 0 Å². The summed E-state index contributed by atoms with van der Waals surface area (Å²) in [5.41, 5.74) is 2.28. The first-order chi connectivity index (χ1) is 10.2. The van der Waals surface area contributed by atoms with Gasteiger partial charge in [-0.25, -0.2) is 9.97 Å². The van der Waals surface area contributed by atoms with Crippen LogP contribution in [-0.4, -0.2) is 23.6 Å². The lowest BCUT2D eigenvalue weighted by atomic mass is 10.0. The van der Waals surface area contributed by atoms with Gasteiger partial charge >= 0.3 is 0 Å². The van der Waals surface area contributed by atoms with Crippen molar-refractivity contribution in [3.8, 4) is 5.75 Å². The number of benzene rings is 1. The molecule has 0 atom stereocenters. The molecule has 0 aliphatic heterocycles. The molecule has 112 valence electrons. The minimum absolute atomic E-state index is 0.521. The molecule has 5 nitrogen and oxygen atoms in total. The largest absolute Gasteiger partial charge is 0.490 e. The van der Waals surface area contributed by atoms with Gasteiger partial charge in [-0.3, -0.25) is 0 Å². The standard InChI is InChI=1S/C16H22N4O/c1-5-17-15-14(21-4)16(19-10-18-15)20-13-8-6-12(7-9-13)11(2)3/h6-11H,5H2,1-4H3,(H2,17,18,19,20). The molecule has 0 fully saturated rings. The number of nitrogens with zero attached hydrogens (tertiary/aromatic N) is 2. The summed E-state index contributed by atoms with van der Waals surface area (Å²) in [7, 11) is 1.62. The molecule has 0 saturated heterocycles. The number of methoxy groups -OCH3 is 1. The van der Waals surface area contributed by atoms with Crippen molar-refractivity contribution in [2.75, 3.05) is 24.3 Å². The van der Waals surface area contributed by atoms with E-state index < -0.39 is 0 Å². The van der Waals surface area contributed by atoms with Crippen LogP contribution in [0.1, 0.15) is 32.3 Å². The van der Waals surface area contributed by atoms with Crippen LogP contribution >= 0.6 is 0 Å². The molecule has 1 aromatic heterocycles. The highest BCUT2D eigenvalue weighted by Gasteiger charge is 2.11. The highest BCUT2D eigenvalue weighted by atomic mass is 16.5. The Kier molecular flexibility index (Phi) is 4.98. The lowest BCUT2D eigenvalue weighted by molar-refractivity contribution is 0.415. The van der Waals surface area contributed by atoms with Crippen LogP contribution in [0.25, 0.3) is 0 Å². The Morgan fingerprint density at radius 2 is 1.76 bits per heavy atom. The summed E-state index contributed by atoms with van der Waals surface area (Å²) in [5, 5.41) is 6.43. The zero-order valence-electron chi connectivity index (χ0n) is 13.0. The van der Waals surface area contributed by atoms with Gasteiger partial charge in [-0.05, 0) is 30.5 Å². The Hall–Kier alpha value is -2.30. The maximum Gasteiger partial charge on any atom is 0.204 e. The van der Waals surface area contributed by atoms with E-state index in [1.807, 2.05) is 19.1 Å². The van der Waals surface area contributed by atoms with Crippen molar-refractivity contribution in [2.45, 2.75) is 26.7 Å². The number of anilines is 3. The van der Waals surface area contributed by atoms with E-state index in [0.29, 0.717) is 23.3 Å². The maximum atomic E-state index is 5.41. The minimum Gasteiger partial charge on any atom is -0.490 e. The molecular weight excluding hydrogens is 264 g/mol. The predicted molar refractivity (Wildman–Crippen MR) is 86.6 cm³/mol. The van der Waals surface area contributed by atoms with E-state index in [4.69, 9.17) is 4.74 Å². The topological polar surface area (TPSA) is 59.1 Å². The van der Waals surface area contributed by atoms with E-state index >= 15 is 0 Å². The average molecular weight is 286 g/mol. The third kappa shape index (κ3) is 3.62. The monoisotopic (exact) mass is 286 g/mol. The second kappa shape index (κ2) is 6.92. The van der Waals surface area contributed by atoms with Gasteiger partial charge in [0, 0.05) is 12.2 Å². The molecule has 1 heterocycles. The van der Waals surface area contributed by atoms with E-state index in [0.717, 1.165) is 12.2 Å². The number of nitrogens with one attached hydrogen (secondary N) is 2. The van der Waals surface area contributed by atoms with Crippen molar-refractivity contribution in [1.29, 1.82) is 0 Å². The first-order valence-corrected chi connectivity index (χ1v) is 7.15. The summed E-state index contributed by atoms with van der Waals surface area (Å²) < 4.78 is 5.41. The molecular formula is C16H22N4O. The molecule has 0 unspecified atom stereocenters. The number of aromatic nitrogens is 2. The zero-order valence-corrected chi connectivity index (χ0v) is 13.0. The highest BCUT2D eigenvalue weighted by molar-refractivity contribution is 5.69. The summed E-state index contributed by atoms with van der Waals surface area (Å²) >= 11 is 0. The van der Waals surface area contributed by atoms with Crippen molar-refractivity contribution >= 4 is 17.3 Å². The summed E-state index contributed by atoms with van der Waals surface area (Å²) in [6, 6.07) is 8.32. The second-order valence-electron chi connectivity index (χ2n) is 5.04. The molecule has 5 heteroatoms. The molecule has 0 bridgehead atoms. The fourth-order valence-electron chi connectivity index (χ4n) is 2.04. The van der Waals surface area contributed by atoms with Gasteiger partial charge in [0.05, 0.1) is 7.11 Å². The number of rotatable bonds is 6. The van der Waals surface area contributed by atoms with Crippen molar-refractivity contribution in [1.82, 2.24) is 9.97 Å². The Bertz CT molecular complexity index is 581. The molecule has 21 heavy (non-hydrogen) atoms. The Balaban J connectivity index is 2.24. The molecule has 0 amide bonds. The van der Waals surface area contributed by atoms with Crippen molar-refractivity contribution < 1.29 is 4.74 Å². The van der Waals surface area contributed by atoms with Gasteiger partial charge in [0.2, 0.25) is 5.75 Å². The molecule has 2 aromatic rings. The van der Waals surface area contributed by atoms with Crippen molar-refractivity contribution in [3.05, 3.63) is 36.2 Å². The molecule has 2 rings (SSSR count). The summed E-state index contributed by atoms with van der Waals surface area (Å²) in [6.07, 6.45) is 1.52. The van der Waals surface area contributed by atoms with Crippen molar-refractivity contribution in [2.24, 2.45) is 0 Å². The third-order valence-corrected chi connectivity index (χ3v) is 3.19. The molecule has 0 spiro atoms. The normalized spacial score (nSPS) is 10.5. The SMILES string of the molecule is CCNc1ncnc(Nc2ccc(C(C)C)cc2)c1OC. The second-order valence-corrected chi connectivity index (χ2v) is 5.04. The summed E-state index contributed by atoms with van der Waals surface area (Å²) in [6.45, 7) is 7.15. The number of hydrogen-bond donors (Lipinski definition) is 2. The first-order valence-electron chi connectivity index (χ1n) is 7.15. The molecule has 2 N–H and O–H groups in total. The van der Waals surface area contributed by atoms with Gasteiger partial charge in [0.15, 0.2) is 11.6 Å². The van der Waals surface area contributed by atoms with Gasteiger partial charge in [-0.2, -0.15) is 0 Å². The summed E-state index contributed by atoms with van der Waals surface area (Å²) in [4.78, 5) is 8.45. The van der Waals surface area contributed by atoms with Gasteiger partial charge in [0.25, 0.3) is 0 Å². The smallest absolute Gasteiger partial charge is 0.204 e. The molecule has 0 saturated carbocycles. The van der Waals surface area contributed by atoms with Crippen LogP contribution in [-0.2, 0) is 0 Å². The van der Waals surface area contributed by atoms with Crippen LogP contribution in [0.4, 0.5) is 17.3 Å². The van der Waals surface area contributed by atoms with Crippen LogP contribution in [0.15, 0.2) is 30.6 Å².